The maximum atomic E-state index is 13.7. The molecule has 0 aromatic heterocycles. The number of carbonyl (C=O) groups is 2. The number of amides is 2. The van der Waals surface area contributed by atoms with Crippen LogP contribution in [-0.4, -0.2) is 50.0 Å². The fourth-order valence-corrected chi connectivity index (χ4v) is 4.70. The second-order valence-electron chi connectivity index (χ2n) is 8.89. The molecule has 9 heteroatoms. The minimum Gasteiger partial charge on any atom is -0.352 e. The molecular weight excluding hydrogens is 486 g/mol. The van der Waals surface area contributed by atoms with Crippen molar-refractivity contribution in [2.75, 3.05) is 17.1 Å². The first kappa shape index (κ1) is 28.7. The number of anilines is 1. The summed E-state index contributed by atoms with van der Waals surface area (Å²) in [4.78, 5) is 28.3. The number of aryl methyl sites for hydroxylation is 2. The van der Waals surface area contributed by atoms with Gasteiger partial charge in [0.1, 0.15) is 12.6 Å². The van der Waals surface area contributed by atoms with Crippen LogP contribution >= 0.6 is 11.6 Å². The van der Waals surface area contributed by atoms with Crippen molar-refractivity contribution in [1.29, 1.82) is 0 Å². The average Bonchev–Trinajstić information content (AvgIpc) is 2.79. The number of hydrogen-bond acceptors (Lipinski definition) is 4. The van der Waals surface area contributed by atoms with Crippen molar-refractivity contribution in [2.45, 2.75) is 66.1 Å². The monoisotopic (exact) mass is 521 g/mol. The third kappa shape index (κ3) is 7.70. The first-order valence-electron chi connectivity index (χ1n) is 11.8. The summed E-state index contributed by atoms with van der Waals surface area (Å²) < 4.78 is 26.5. The quantitative estimate of drug-likeness (QED) is 0.473. The number of halogens is 1. The van der Waals surface area contributed by atoms with E-state index in [2.05, 4.69) is 5.32 Å². The van der Waals surface area contributed by atoms with E-state index < -0.39 is 28.5 Å². The molecule has 0 fully saturated rings. The van der Waals surface area contributed by atoms with Gasteiger partial charge >= 0.3 is 0 Å². The number of sulfonamides is 1. The lowest BCUT2D eigenvalue weighted by Gasteiger charge is -2.33. The Kier molecular flexibility index (Phi) is 10.2. The molecule has 0 aliphatic carbocycles. The molecule has 2 atom stereocenters. The minimum atomic E-state index is -3.77. The SMILES string of the molecule is CC[C@@H](C)NC(=O)[C@@H](CC)N(Cc1ccccc1Cl)C(=O)CN(c1ccc(C)c(C)c1)S(C)(=O)=O. The Hall–Kier alpha value is -2.58. The Balaban J connectivity index is 2.47. The van der Waals surface area contributed by atoms with E-state index in [1.54, 1.807) is 30.3 Å². The maximum Gasteiger partial charge on any atom is 0.244 e. The smallest absolute Gasteiger partial charge is 0.244 e. The van der Waals surface area contributed by atoms with E-state index in [1.807, 2.05) is 46.8 Å². The van der Waals surface area contributed by atoms with E-state index in [4.69, 9.17) is 11.6 Å². The van der Waals surface area contributed by atoms with Crippen LogP contribution in [0.2, 0.25) is 5.02 Å². The zero-order valence-electron chi connectivity index (χ0n) is 21.3. The summed E-state index contributed by atoms with van der Waals surface area (Å²) in [5, 5.41) is 3.42. The van der Waals surface area contributed by atoms with E-state index in [1.165, 1.54) is 4.90 Å². The summed E-state index contributed by atoms with van der Waals surface area (Å²) >= 11 is 6.37. The fourth-order valence-electron chi connectivity index (χ4n) is 3.67. The third-order valence-electron chi connectivity index (χ3n) is 6.14. The summed E-state index contributed by atoms with van der Waals surface area (Å²) in [7, 11) is -3.77. The van der Waals surface area contributed by atoms with Crippen molar-refractivity contribution in [3.05, 3.63) is 64.2 Å². The number of nitrogens with one attached hydrogen (secondary N) is 1. The van der Waals surface area contributed by atoms with E-state index in [9.17, 15) is 18.0 Å². The number of benzene rings is 2. The van der Waals surface area contributed by atoms with Crippen LogP contribution in [0.15, 0.2) is 42.5 Å². The summed E-state index contributed by atoms with van der Waals surface area (Å²) in [6.07, 6.45) is 2.18. The van der Waals surface area contributed by atoms with Gasteiger partial charge in [0.05, 0.1) is 11.9 Å². The number of nitrogens with zero attached hydrogens (tertiary/aromatic N) is 2. The summed E-state index contributed by atoms with van der Waals surface area (Å²) in [5.41, 5.74) is 3.01. The lowest BCUT2D eigenvalue weighted by Crippen LogP contribution is -2.53. The molecule has 0 bridgehead atoms. The second kappa shape index (κ2) is 12.4. The van der Waals surface area contributed by atoms with Crippen LogP contribution in [0.25, 0.3) is 0 Å². The summed E-state index contributed by atoms with van der Waals surface area (Å²) in [6, 6.07) is 11.5. The van der Waals surface area contributed by atoms with E-state index in [0.717, 1.165) is 28.1 Å². The standard InChI is InChI=1S/C26H36ClN3O4S/c1-7-20(5)28-26(32)24(8-2)29(16-21-11-9-10-12-23(21)27)25(31)17-30(35(6,33)34)22-14-13-18(3)19(4)15-22/h9-15,20,24H,7-8,16-17H2,1-6H3,(H,28,32)/t20-,24-/m1/s1. The van der Waals surface area contributed by atoms with Crippen molar-refractivity contribution in [3.63, 3.8) is 0 Å². The van der Waals surface area contributed by atoms with Gasteiger partial charge in [0.15, 0.2) is 0 Å². The van der Waals surface area contributed by atoms with Crippen molar-refractivity contribution in [2.24, 2.45) is 0 Å². The Bertz CT molecular complexity index is 1150. The molecule has 1 N–H and O–H groups in total. The molecule has 2 rings (SSSR count). The number of rotatable bonds is 11. The Morgan fingerprint density at radius 2 is 1.69 bits per heavy atom. The molecule has 0 saturated carbocycles. The molecule has 2 aromatic rings. The molecule has 0 aliphatic heterocycles. The number of carbonyl (C=O) groups excluding carboxylic acids is 2. The van der Waals surface area contributed by atoms with Crippen LogP contribution in [0.4, 0.5) is 5.69 Å². The molecule has 192 valence electrons. The normalized spacial score (nSPS) is 13.1. The van der Waals surface area contributed by atoms with Gasteiger partial charge in [0.2, 0.25) is 21.8 Å². The lowest BCUT2D eigenvalue weighted by molar-refractivity contribution is -0.140. The van der Waals surface area contributed by atoms with Gasteiger partial charge in [-0.15, -0.1) is 0 Å². The molecule has 0 radical (unpaired) electrons. The van der Waals surface area contributed by atoms with Crippen LogP contribution in [0.5, 0.6) is 0 Å². The topological polar surface area (TPSA) is 86.8 Å². The number of hydrogen-bond donors (Lipinski definition) is 1. The van der Waals surface area contributed by atoms with Gasteiger partial charge in [-0.1, -0.05) is 49.7 Å². The van der Waals surface area contributed by atoms with Crippen molar-refractivity contribution in [1.82, 2.24) is 10.2 Å². The Morgan fingerprint density at radius 3 is 2.23 bits per heavy atom. The predicted octanol–water partition coefficient (Wildman–Crippen LogP) is 4.44. The van der Waals surface area contributed by atoms with Gasteiger partial charge in [-0.3, -0.25) is 13.9 Å². The van der Waals surface area contributed by atoms with Crippen LogP contribution in [-0.2, 0) is 26.2 Å². The van der Waals surface area contributed by atoms with Gasteiger partial charge in [-0.2, -0.15) is 0 Å². The summed E-state index contributed by atoms with van der Waals surface area (Å²) in [5.74, 6) is -0.765. The van der Waals surface area contributed by atoms with E-state index in [-0.39, 0.29) is 18.5 Å². The van der Waals surface area contributed by atoms with Crippen LogP contribution in [0, 0.1) is 13.8 Å². The van der Waals surface area contributed by atoms with E-state index >= 15 is 0 Å². The molecule has 0 saturated heterocycles. The highest BCUT2D eigenvalue weighted by Crippen LogP contribution is 2.24. The third-order valence-corrected chi connectivity index (χ3v) is 7.65. The van der Waals surface area contributed by atoms with Gasteiger partial charge in [0, 0.05) is 17.6 Å². The molecule has 2 amide bonds. The lowest BCUT2D eigenvalue weighted by atomic mass is 10.1. The van der Waals surface area contributed by atoms with Crippen molar-refractivity contribution < 1.29 is 18.0 Å². The average molecular weight is 522 g/mol. The van der Waals surface area contributed by atoms with Gasteiger partial charge in [-0.25, -0.2) is 8.42 Å². The molecule has 35 heavy (non-hydrogen) atoms. The largest absolute Gasteiger partial charge is 0.352 e. The maximum absolute atomic E-state index is 13.7. The Labute approximate surface area is 214 Å². The first-order chi connectivity index (χ1) is 16.4. The minimum absolute atomic E-state index is 0.0585. The second-order valence-corrected chi connectivity index (χ2v) is 11.2. The molecule has 7 nitrogen and oxygen atoms in total. The molecule has 0 unspecified atom stereocenters. The molecular formula is C26H36ClN3O4S. The molecule has 0 aliphatic rings. The fraction of sp³-hybridized carbons (Fsp3) is 0.462. The zero-order valence-corrected chi connectivity index (χ0v) is 22.9. The molecule has 2 aromatic carbocycles. The first-order valence-corrected chi connectivity index (χ1v) is 14.0. The van der Waals surface area contributed by atoms with Crippen molar-refractivity contribution in [3.8, 4) is 0 Å². The zero-order chi connectivity index (χ0) is 26.3. The Morgan fingerprint density at radius 1 is 1.03 bits per heavy atom. The van der Waals surface area contributed by atoms with Crippen LogP contribution in [0.3, 0.4) is 0 Å². The van der Waals surface area contributed by atoms with Crippen LogP contribution < -0.4 is 9.62 Å². The molecule has 0 heterocycles. The molecule has 0 spiro atoms. The highest BCUT2D eigenvalue weighted by Gasteiger charge is 2.32. The highest BCUT2D eigenvalue weighted by molar-refractivity contribution is 7.92. The van der Waals surface area contributed by atoms with Crippen LogP contribution in [0.1, 0.15) is 50.3 Å². The van der Waals surface area contributed by atoms with Crippen molar-refractivity contribution >= 4 is 39.1 Å². The van der Waals surface area contributed by atoms with Gasteiger partial charge in [-0.05, 0) is 68.5 Å². The van der Waals surface area contributed by atoms with E-state index in [0.29, 0.717) is 22.7 Å². The highest BCUT2D eigenvalue weighted by atomic mass is 35.5. The van der Waals surface area contributed by atoms with Gasteiger partial charge < -0.3 is 10.2 Å². The summed E-state index contributed by atoms with van der Waals surface area (Å²) in [6.45, 7) is 9.15. The van der Waals surface area contributed by atoms with Gasteiger partial charge in [0.25, 0.3) is 0 Å². The predicted molar refractivity (Wildman–Crippen MR) is 142 cm³/mol.